The third kappa shape index (κ3) is 3.76. The lowest BCUT2D eigenvalue weighted by atomic mass is 10.0. The molecule has 0 radical (unpaired) electrons. The Kier molecular flexibility index (Phi) is 5.12. The van der Waals surface area contributed by atoms with Gasteiger partial charge in [0.05, 0.1) is 18.4 Å². The fraction of sp³-hybridized carbons (Fsp3) is 0.400. The smallest absolute Gasteiger partial charge is 0.337 e. The number of anilines is 1. The minimum Gasteiger partial charge on any atom is -0.337 e. The van der Waals surface area contributed by atoms with Crippen LogP contribution in [0.2, 0.25) is 0 Å². The molecule has 3 atom stereocenters. The van der Waals surface area contributed by atoms with Gasteiger partial charge in [0.25, 0.3) is 0 Å². The van der Waals surface area contributed by atoms with Crippen molar-refractivity contribution >= 4 is 18.2 Å². The number of rotatable bonds is 2. The van der Waals surface area contributed by atoms with Gasteiger partial charge in [-0.25, -0.2) is 28.6 Å². The molecule has 0 N–H and O–H groups in total. The maximum Gasteiger partial charge on any atom is 0.341 e. The minimum atomic E-state index is -0.487. The molecule has 2 aliphatic heterocycles. The van der Waals surface area contributed by atoms with Crippen molar-refractivity contribution in [3.05, 3.63) is 53.9 Å². The quantitative estimate of drug-likeness (QED) is 0.777. The summed E-state index contributed by atoms with van der Waals surface area (Å²) in [4.78, 5) is 25.1. The van der Waals surface area contributed by atoms with E-state index < -0.39 is 5.82 Å². The second-order valence-corrected chi connectivity index (χ2v) is 7.44. The monoisotopic (exact) mass is 400 g/mol. The molecule has 0 spiro atoms. The largest absolute Gasteiger partial charge is 0.341 e. The Morgan fingerprint density at radius 2 is 1.76 bits per heavy atom. The summed E-state index contributed by atoms with van der Waals surface area (Å²) in [5, 5.41) is 5.71. The number of halogens is 2. The van der Waals surface area contributed by atoms with Gasteiger partial charge in [0, 0.05) is 37.8 Å². The molecule has 2 amide bonds. The molecule has 152 valence electrons. The normalized spacial score (nSPS) is 24.3. The zero-order valence-electron chi connectivity index (χ0n) is 16.2. The molecule has 7 nitrogen and oxygen atoms in total. The number of hydrazone groups is 1. The van der Waals surface area contributed by atoms with E-state index in [0.717, 1.165) is 18.0 Å². The Morgan fingerprint density at radius 3 is 2.41 bits per heavy atom. The van der Waals surface area contributed by atoms with Crippen molar-refractivity contribution in [1.29, 1.82) is 0 Å². The van der Waals surface area contributed by atoms with Crippen molar-refractivity contribution in [1.82, 2.24) is 19.9 Å². The fourth-order valence-corrected chi connectivity index (χ4v) is 4.04. The lowest BCUT2D eigenvalue weighted by molar-refractivity contribution is 0.0985. The molecule has 0 aliphatic carbocycles. The SMILES string of the molecule is C[C@@H]1CN(c2ncc(F)cn2)C[C@H](C)N1C(=O)N1N=CCC1c1cccc(F)c1. The molecule has 1 unspecified atom stereocenters. The summed E-state index contributed by atoms with van der Waals surface area (Å²) in [6, 6.07) is 5.46. The van der Waals surface area contributed by atoms with Gasteiger partial charge in [0.15, 0.2) is 5.82 Å². The van der Waals surface area contributed by atoms with Crippen LogP contribution < -0.4 is 4.90 Å². The Balaban J connectivity index is 1.51. The first-order valence-corrected chi connectivity index (χ1v) is 9.56. The van der Waals surface area contributed by atoms with Crippen LogP contribution in [0.3, 0.4) is 0 Å². The van der Waals surface area contributed by atoms with Gasteiger partial charge >= 0.3 is 6.03 Å². The number of hydrogen-bond donors (Lipinski definition) is 0. The summed E-state index contributed by atoms with van der Waals surface area (Å²) in [7, 11) is 0. The molecule has 9 heteroatoms. The molecule has 3 heterocycles. The van der Waals surface area contributed by atoms with Crippen molar-refractivity contribution in [3.8, 4) is 0 Å². The highest BCUT2D eigenvalue weighted by atomic mass is 19.1. The van der Waals surface area contributed by atoms with Gasteiger partial charge in [-0.05, 0) is 31.5 Å². The van der Waals surface area contributed by atoms with Gasteiger partial charge in [0.1, 0.15) is 5.82 Å². The van der Waals surface area contributed by atoms with Crippen LogP contribution in [-0.4, -0.2) is 57.3 Å². The standard InChI is InChI=1S/C20H22F2N6O/c1-13-11-26(19-23-9-17(22)10-24-19)12-14(2)27(13)20(29)28-18(6-7-25-28)15-4-3-5-16(21)8-15/h3-5,7-10,13-14,18H,6,11-12H2,1-2H3/t13-,14+,18?. The van der Waals surface area contributed by atoms with Crippen molar-refractivity contribution in [3.63, 3.8) is 0 Å². The molecule has 4 rings (SSSR count). The Bertz CT molecular complexity index is 909. The van der Waals surface area contributed by atoms with Gasteiger partial charge in [-0.1, -0.05) is 12.1 Å². The third-order valence-electron chi connectivity index (χ3n) is 5.29. The van der Waals surface area contributed by atoms with Crippen LogP contribution in [-0.2, 0) is 0 Å². The van der Waals surface area contributed by atoms with E-state index in [4.69, 9.17) is 0 Å². The van der Waals surface area contributed by atoms with E-state index in [0.29, 0.717) is 25.5 Å². The summed E-state index contributed by atoms with van der Waals surface area (Å²) in [6.07, 6.45) is 4.50. The van der Waals surface area contributed by atoms with Crippen LogP contribution in [0.4, 0.5) is 19.5 Å². The molecule has 0 saturated carbocycles. The van der Waals surface area contributed by atoms with E-state index in [1.165, 1.54) is 17.1 Å². The topological polar surface area (TPSA) is 64.9 Å². The van der Waals surface area contributed by atoms with E-state index in [9.17, 15) is 13.6 Å². The molecule has 1 saturated heterocycles. The highest BCUT2D eigenvalue weighted by Gasteiger charge is 2.39. The number of aromatic nitrogens is 2. The third-order valence-corrected chi connectivity index (χ3v) is 5.29. The Morgan fingerprint density at radius 1 is 1.07 bits per heavy atom. The molecule has 2 aromatic rings. The molecule has 2 aliphatic rings. The van der Waals surface area contributed by atoms with Crippen molar-refractivity contribution in [2.45, 2.75) is 38.4 Å². The number of nitrogens with zero attached hydrogens (tertiary/aromatic N) is 6. The Labute approximate surface area is 167 Å². The first-order valence-electron chi connectivity index (χ1n) is 9.56. The highest BCUT2D eigenvalue weighted by molar-refractivity contribution is 5.79. The fourth-order valence-electron chi connectivity index (χ4n) is 4.04. The van der Waals surface area contributed by atoms with Crippen molar-refractivity contribution in [2.75, 3.05) is 18.0 Å². The highest BCUT2D eigenvalue weighted by Crippen LogP contribution is 2.31. The second-order valence-electron chi connectivity index (χ2n) is 7.44. The number of carbonyl (C=O) groups is 1. The predicted octanol–water partition coefficient (Wildman–Crippen LogP) is 3.21. The summed E-state index contributed by atoms with van der Waals surface area (Å²) in [6.45, 7) is 4.93. The lowest BCUT2D eigenvalue weighted by Crippen LogP contribution is -2.61. The van der Waals surface area contributed by atoms with Gasteiger partial charge in [-0.2, -0.15) is 5.10 Å². The average Bonchev–Trinajstić information content (AvgIpc) is 3.18. The first-order chi connectivity index (χ1) is 13.9. The van der Waals surface area contributed by atoms with Crippen molar-refractivity contribution in [2.24, 2.45) is 5.10 Å². The number of amides is 2. The van der Waals surface area contributed by atoms with Crippen LogP contribution in [0.15, 0.2) is 41.8 Å². The number of benzene rings is 1. The minimum absolute atomic E-state index is 0.135. The zero-order valence-corrected chi connectivity index (χ0v) is 16.2. The van der Waals surface area contributed by atoms with E-state index in [1.54, 1.807) is 23.2 Å². The van der Waals surface area contributed by atoms with E-state index in [2.05, 4.69) is 15.1 Å². The number of carbonyl (C=O) groups excluding carboxylic acids is 1. The van der Waals surface area contributed by atoms with Crippen LogP contribution in [0.25, 0.3) is 0 Å². The summed E-state index contributed by atoms with van der Waals surface area (Å²) in [5.41, 5.74) is 0.717. The number of piperazine rings is 1. The number of urea groups is 1. The Hall–Kier alpha value is -3.10. The predicted molar refractivity (Wildman–Crippen MR) is 104 cm³/mol. The van der Waals surface area contributed by atoms with Crippen molar-refractivity contribution < 1.29 is 13.6 Å². The molecule has 1 aromatic carbocycles. The van der Waals surface area contributed by atoms with E-state index in [-0.39, 0.29) is 30.0 Å². The first kappa shape index (κ1) is 19.2. The summed E-state index contributed by atoms with van der Waals surface area (Å²) in [5.74, 6) is -0.385. The van der Waals surface area contributed by atoms with E-state index >= 15 is 0 Å². The van der Waals surface area contributed by atoms with Crippen LogP contribution >= 0.6 is 0 Å². The van der Waals surface area contributed by atoms with Crippen LogP contribution in [0.5, 0.6) is 0 Å². The molecule has 1 aromatic heterocycles. The molecular weight excluding hydrogens is 378 g/mol. The maximum absolute atomic E-state index is 13.7. The molecular formula is C20H22F2N6O. The van der Waals surface area contributed by atoms with Gasteiger partial charge in [0.2, 0.25) is 5.95 Å². The van der Waals surface area contributed by atoms with Gasteiger partial charge in [-0.15, -0.1) is 0 Å². The average molecular weight is 400 g/mol. The summed E-state index contributed by atoms with van der Waals surface area (Å²) >= 11 is 0. The summed E-state index contributed by atoms with van der Waals surface area (Å²) < 4.78 is 26.8. The maximum atomic E-state index is 13.7. The number of hydrogen-bond acceptors (Lipinski definition) is 5. The van der Waals surface area contributed by atoms with Crippen LogP contribution in [0.1, 0.15) is 31.9 Å². The molecule has 0 bridgehead atoms. The second kappa shape index (κ2) is 7.73. The molecule has 29 heavy (non-hydrogen) atoms. The van der Waals surface area contributed by atoms with Gasteiger partial charge in [-0.3, -0.25) is 0 Å². The van der Waals surface area contributed by atoms with Gasteiger partial charge < -0.3 is 9.80 Å². The molecule has 1 fully saturated rings. The van der Waals surface area contributed by atoms with Crippen LogP contribution in [0, 0.1) is 11.6 Å². The zero-order chi connectivity index (χ0) is 20.5. The lowest BCUT2D eigenvalue weighted by Gasteiger charge is -2.45. The van der Waals surface area contributed by atoms with E-state index in [1.807, 2.05) is 18.7 Å².